The Morgan fingerprint density at radius 2 is 2.33 bits per heavy atom. The van der Waals surface area contributed by atoms with Gasteiger partial charge in [-0.2, -0.15) is 0 Å². The number of hydrogen-bond acceptors (Lipinski definition) is 2. The van der Waals surface area contributed by atoms with E-state index < -0.39 is 0 Å². The minimum atomic E-state index is 0.281. The highest BCUT2D eigenvalue weighted by Gasteiger charge is 2.19. The van der Waals surface area contributed by atoms with Gasteiger partial charge in [0, 0.05) is 19.0 Å². The lowest BCUT2D eigenvalue weighted by atomic mass is 10.3. The first kappa shape index (κ1) is 6.75. The van der Waals surface area contributed by atoms with E-state index in [4.69, 9.17) is 0 Å². The van der Waals surface area contributed by atoms with Crippen LogP contribution in [0.3, 0.4) is 0 Å². The van der Waals surface area contributed by atoms with Crippen molar-refractivity contribution in [3.05, 3.63) is 0 Å². The first-order valence-corrected chi connectivity index (χ1v) is 3.52. The molecular formula is C7H13NO. The summed E-state index contributed by atoms with van der Waals surface area (Å²) in [6.45, 7) is 2.51. The minimum absolute atomic E-state index is 0.281. The molecule has 0 saturated heterocycles. The molecule has 1 saturated carbocycles. The van der Waals surface area contributed by atoms with E-state index in [1.54, 1.807) is 6.92 Å². The van der Waals surface area contributed by atoms with Crippen molar-refractivity contribution in [1.82, 2.24) is 5.32 Å². The molecule has 1 aliphatic carbocycles. The first-order chi connectivity index (χ1) is 4.29. The van der Waals surface area contributed by atoms with Crippen molar-refractivity contribution in [2.24, 2.45) is 0 Å². The maximum atomic E-state index is 10.4. The second-order valence-electron chi connectivity index (χ2n) is 2.68. The molecule has 0 atom stereocenters. The molecule has 0 aromatic carbocycles. The Balaban J connectivity index is 1.86. The van der Waals surface area contributed by atoms with Crippen LogP contribution in [0.1, 0.15) is 26.2 Å². The van der Waals surface area contributed by atoms with Crippen LogP contribution in [0, 0.1) is 0 Å². The van der Waals surface area contributed by atoms with Crippen molar-refractivity contribution in [2.75, 3.05) is 6.54 Å². The second kappa shape index (κ2) is 2.97. The lowest BCUT2D eigenvalue weighted by Gasteiger charge is -1.97. The van der Waals surface area contributed by atoms with Crippen molar-refractivity contribution in [3.63, 3.8) is 0 Å². The van der Waals surface area contributed by atoms with Crippen LogP contribution in [-0.2, 0) is 4.79 Å². The zero-order valence-corrected chi connectivity index (χ0v) is 5.81. The molecule has 52 valence electrons. The maximum absolute atomic E-state index is 10.4. The molecule has 0 heterocycles. The van der Waals surface area contributed by atoms with Crippen LogP contribution in [-0.4, -0.2) is 18.4 Å². The summed E-state index contributed by atoms with van der Waals surface area (Å²) in [5, 5.41) is 3.27. The van der Waals surface area contributed by atoms with Crippen LogP contribution in [0.25, 0.3) is 0 Å². The second-order valence-corrected chi connectivity index (χ2v) is 2.68. The van der Waals surface area contributed by atoms with Gasteiger partial charge in [-0.25, -0.2) is 0 Å². The average Bonchev–Trinajstić information content (AvgIpc) is 2.48. The van der Waals surface area contributed by atoms with Crippen LogP contribution in [0.5, 0.6) is 0 Å². The molecule has 0 aromatic heterocycles. The molecule has 1 aliphatic rings. The van der Waals surface area contributed by atoms with E-state index in [0.29, 0.717) is 6.42 Å². The van der Waals surface area contributed by atoms with Crippen molar-refractivity contribution >= 4 is 5.78 Å². The lowest BCUT2D eigenvalue weighted by Crippen LogP contribution is -2.19. The van der Waals surface area contributed by atoms with Crippen LogP contribution in [0.2, 0.25) is 0 Å². The van der Waals surface area contributed by atoms with Gasteiger partial charge < -0.3 is 5.32 Å². The molecule has 2 heteroatoms. The van der Waals surface area contributed by atoms with Gasteiger partial charge in [0.15, 0.2) is 0 Å². The third-order valence-electron chi connectivity index (χ3n) is 1.49. The fraction of sp³-hybridized carbons (Fsp3) is 0.857. The third kappa shape index (κ3) is 3.25. The summed E-state index contributed by atoms with van der Waals surface area (Å²) < 4.78 is 0. The summed E-state index contributed by atoms with van der Waals surface area (Å²) in [7, 11) is 0. The average molecular weight is 127 g/mol. The van der Waals surface area contributed by atoms with Crippen LogP contribution < -0.4 is 5.32 Å². The molecule has 1 rings (SSSR count). The number of carbonyl (C=O) groups excluding carboxylic acids is 1. The monoisotopic (exact) mass is 127 g/mol. The number of Topliss-reactive ketones (excluding diaryl/α,β-unsaturated/α-hetero) is 1. The number of ketones is 1. The van der Waals surface area contributed by atoms with Crippen molar-refractivity contribution in [3.8, 4) is 0 Å². The summed E-state index contributed by atoms with van der Waals surface area (Å²) in [5.41, 5.74) is 0. The predicted octanol–water partition coefficient (Wildman–Crippen LogP) is 0.718. The van der Waals surface area contributed by atoms with Crippen molar-refractivity contribution in [1.29, 1.82) is 0 Å². The molecule has 2 nitrogen and oxygen atoms in total. The van der Waals surface area contributed by atoms with E-state index in [-0.39, 0.29) is 5.78 Å². The summed E-state index contributed by atoms with van der Waals surface area (Å²) >= 11 is 0. The quantitative estimate of drug-likeness (QED) is 0.602. The smallest absolute Gasteiger partial charge is 0.131 e. The van der Waals surface area contributed by atoms with Crippen molar-refractivity contribution in [2.45, 2.75) is 32.2 Å². The van der Waals surface area contributed by atoms with Gasteiger partial charge in [0.05, 0.1) is 0 Å². The molecule has 0 bridgehead atoms. The number of carbonyl (C=O) groups is 1. The topological polar surface area (TPSA) is 29.1 Å². The number of hydrogen-bond donors (Lipinski definition) is 1. The van der Waals surface area contributed by atoms with Crippen LogP contribution in [0.4, 0.5) is 0 Å². The van der Waals surface area contributed by atoms with E-state index in [1.165, 1.54) is 12.8 Å². The molecule has 0 aliphatic heterocycles. The summed E-state index contributed by atoms with van der Waals surface area (Å²) in [6, 6.07) is 0.740. The van der Waals surface area contributed by atoms with Gasteiger partial charge in [0.1, 0.15) is 5.78 Å². The Labute approximate surface area is 55.6 Å². The molecule has 0 spiro atoms. The van der Waals surface area contributed by atoms with Gasteiger partial charge in [0.2, 0.25) is 0 Å². The summed E-state index contributed by atoms with van der Waals surface area (Å²) in [4.78, 5) is 10.4. The van der Waals surface area contributed by atoms with Crippen molar-refractivity contribution < 1.29 is 4.79 Å². The predicted molar refractivity (Wildman–Crippen MR) is 36.3 cm³/mol. The maximum Gasteiger partial charge on any atom is 0.131 e. The van der Waals surface area contributed by atoms with E-state index in [2.05, 4.69) is 5.32 Å². The molecule has 1 N–H and O–H groups in total. The zero-order valence-electron chi connectivity index (χ0n) is 5.81. The molecule has 1 fully saturated rings. The lowest BCUT2D eigenvalue weighted by molar-refractivity contribution is -0.116. The van der Waals surface area contributed by atoms with Gasteiger partial charge in [0.25, 0.3) is 0 Å². The Bertz CT molecular complexity index is 107. The molecule has 0 radical (unpaired) electrons. The largest absolute Gasteiger partial charge is 0.314 e. The molecule has 0 unspecified atom stereocenters. The zero-order chi connectivity index (χ0) is 6.69. The number of rotatable bonds is 4. The Hall–Kier alpha value is -0.370. The Morgan fingerprint density at radius 3 is 2.78 bits per heavy atom. The Morgan fingerprint density at radius 1 is 1.67 bits per heavy atom. The van der Waals surface area contributed by atoms with Gasteiger partial charge in [-0.1, -0.05) is 0 Å². The number of nitrogens with one attached hydrogen (secondary N) is 1. The molecule has 0 aromatic rings. The highest BCUT2D eigenvalue weighted by molar-refractivity contribution is 5.75. The molecule has 9 heavy (non-hydrogen) atoms. The van der Waals surface area contributed by atoms with E-state index in [9.17, 15) is 4.79 Å². The fourth-order valence-corrected chi connectivity index (χ4v) is 0.740. The third-order valence-corrected chi connectivity index (χ3v) is 1.49. The first-order valence-electron chi connectivity index (χ1n) is 3.52. The standard InChI is InChI=1S/C7H13NO/c1-6(9)4-5-8-7-2-3-7/h7-8H,2-5H2,1H3. The van der Waals surface area contributed by atoms with Crippen LogP contribution >= 0.6 is 0 Å². The highest BCUT2D eigenvalue weighted by atomic mass is 16.1. The SMILES string of the molecule is CC(=O)CCNC1CC1. The van der Waals surface area contributed by atoms with E-state index >= 15 is 0 Å². The molecular weight excluding hydrogens is 114 g/mol. The van der Waals surface area contributed by atoms with Gasteiger partial charge in [-0.15, -0.1) is 0 Å². The van der Waals surface area contributed by atoms with Gasteiger partial charge in [-0.05, 0) is 19.8 Å². The van der Waals surface area contributed by atoms with Crippen LogP contribution in [0.15, 0.2) is 0 Å². The normalized spacial score (nSPS) is 17.9. The fourth-order valence-electron chi connectivity index (χ4n) is 0.740. The summed E-state index contributed by atoms with van der Waals surface area (Å²) in [6.07, 6.45) is 3.30. The highest BCUT2D eigenvalue weighted by Crippen LogP contribution is 2.18. The van der Waals surface area contributed by atoms with E-state index in [0.717, 1.165) is 12.6 Å². The van der Waals surface area contributed by atoms with Gasteiger partial charge >= 0.3 is 0 Å². The van der Waals surface area contributed by atoms with Gasteiger partial charge in [-0.3, -0.25) is 4.79 Å². The molecule has 0 amide bonds. The van der Waals surface area contributed by atoms with E-state index in [1.807, 2.05) is 0 Å². The Kier molecular flexibility index (Phi) is 2.22. The minimum Gasteiger partial charge on any atom is -0.314 e. The summed E-state index contributed by atoms with van der Waals surface area (Å²) in [5.74, 6) is 0.281.